The third kappa shape index (κ3) is 5.25. The van der Waals surface area contributed by atoms with Gasteiger partial charge in [0, 0.05) is 30.2 Å². The van der Waals surface area contributed by atoms with Gasteiger partial charge in [-0.15, -0.1) is 0 Å². The lowest BCUT2D eigenvalue weighted by molar-refractivity contribution is 0.0949. The van der Waals surface area contributed by atoms with E-state index in [1.807, 2.05) is 0 Å². The first-order chi connectivity index (χ1) is 16.0. The van der Waals surface area contributed by atoms with E-state index in [9.17, 15) is 14.0 Å². The van der Waals surface area contributed by atoms with Gasteiger partial charge >= 0.3 is 6.03 Å². The molecule has 3 amide bonds. The Morgan fingerprint density at radius 3 is 2.70 bits per heavy atom. The van der Waals surface area contributed by atoms with Gasteiger partial charge in [-0.3, -0.25) is 9.78 Å². The quantitative estimate of drug-likeness (QED) is 0.442. The first-order valence-electron chi connectivity index (χ1n) is 10.3. The van der Waals surface area contributed by atoms with Crippen LogP contribution in [0.4, 0.5) is 14.9 Å². The predicted molar refractivity (Wildman–Crippen MR) is 123 cm³/mol. The summed E-state index contributed by atoms with van der Waals surface area (Å²) in [7, 11) is 1.44. The lowest BCUT2D eigenvalue weighted by Crippen LogP contribution is -2.30. The van der Waals surface area contributed by atoms with Gasteiger partial charge in [-0.05, 0) is 43.2 Å². The molecule has 0 bridgehead atoms. The van der Waals surface area contributed by atoms with Crippen LogP contribution in [0, 0.1) is 0 Å². The van der Waals surface area contributed by atoms with Crippen molar-refractivity contribution in [1.29, 1.82) is 0 Å². The first-order valence-corrected chi connectivity index (χ1v) is 10.7. The highest BCUT2D eigenvalue weighted by Crippen LogP contribution is 2.36. The number of rotatable bonds is 8. The summed E-state index contributed by atoms with van der Waals surface area (Å²) in [6, 6.07) is 9.83. The minimum atomic E-state index is -0.686. The van der Waals surface area contributed by atoms with E-state index in [0.29, 0.717) is 38.9 Å². The number of anilines is 1. The molecule has 3 N–H and O–H groups in total. The topological polar surface area (TPSA) is 102 Å². The molecule has 1 heterocycles. The number of hydrogen-bond donors (Lipinski definition) is 3. The number of pyridine rings is 1. The summed E-state index contributed by atoms with van der Waals surface area (Å²) < 4.78 is 23.9. The maximum atomic E-state index is 12.6. The fraction of sp³-hybridized carbons (Fsp3) is 0.261. The predicted octanol–water partition coefficient (Wildman–Crippen LogP) is 4.67. The number of nitrogens with zero attached hydrogens (tertiary/aromatic N) is 1. The van der Waals surface area contributed by atoms with E-state index >= 15 is 0 Å². The maximum Gasteiger partial charge on any atom is 0.319 e. The van der Waals surface area contributed by atoms with Gasteiger partial charge in [0.05, 0.1) is 23.3 Å². The van der Waals surface area contributed by atoms with Crippen molar-refractivity contribution in [3.8, 4) is 17.2 Å². The molecule has 0 aliphatic heterocycles. The molecule has 33 heavy (non-hydrogen) atoms. The molecule has 0 unspecified atom stereocenters. The number of alkyl halides is 1. The monoisotopic (exact) mass is 472 g/mol. The highest BCUT2D eigenvalue weighted by Gasteiger charge is 2.23. The molecule has 0 atom stereocenters. The fourth-order valence-corrected chi connectivity index (χ4v) is 3.48. The summed E-state index contributed by atoms with van der Waals surface area (Å²) >= 11 is 6.33. The molecule has 2 aromatic carbocycles. The number of aromatic nitrogens is 1. The molecule has 1 aromatic heterocycles. The van der Waals surface area contributed by atoms with Gasteiger partial charge in [-0.2, -0.15) is 0 Å². The van der Waals surface area contributed by atoms with Crippen molar-refractivity contribution in [2.75, 3.05) is 25.6 Å². The number of carbonyl (C=O) groups excluding carboxylic acids is 2. The zero-order valence-electron chi connectivity index (χ0n) is 17.8. The van der Waals surface area contributed by atoms with Crippen molar-refractivity contribution in [2.24, 2.45) is 0 Å². The van der Waals surface area contributed by atoms with Crippen molar-refractivity contribution in [1.82, 2.24) is 15.6 Å². The molecule has 0 radical (unpaired) electrons. The average molecular weight is 473 g/mol. The van der Waals surface area contributed by atoms with Crippen LogP contribution in [-0.2, 0) is 0 Å². The number of halogens is 2. The lowest BCUT2D eigenvalue weighted by atomic mass is 10.1. The molecule has 8 nitrogen and oxygen atoms in total. The van der Waals surface area contributed by atoms with Gasteiger partial charge in [-0.25, -0.2) is 9.18 Å². The van der Waals surface area contributed by atoms with Gasteiger partial charge in [0.2, 0.25) is 0 Å². The number of benzene rings is 2. The van der Waals surface area contributed by atoms with Crippen LogP contribution in [0.25, 0.3) is 10.9 Å². The molecular formula is C23H22ClFN4O4. The second-order valence-corrected chi connectivity index (χ2v) is 7.82. The number of fused-ring (bicyclic) bond motifs is 1. The van der Waals surface area contributed by atoms with Gasteiger partial charge in [0.1, 0.15) is 29.5 Å². The summed E-state index contributed by atoms with van der Waals surface area (Å²) in [5.41, 5.74) is 0.996. The van der Waals surface area contributed by atoms with E-state index in [1.54, 1.807) is 36.4 Å². The van der Waals surface area contributed by atoms with Crippen molar-refractivity contribution in [2.45, 2.75) is 18.9 Å². The standard InChI is InChI=1S/C23H22ClFN4O4/c1-32-19-7-5-15-18(8-10-26-21(15)20(19)22(30)27-11-9-25)33-14-4-6-17(16(24)12-14)29-23(31)28-13-2-3-13/h4-8,10,12-13H,2-3,9,11H2,1H3,(H,27,30)(H2,28,29,31). The van der Waals surface area contributed by atoms with Crippen LogP contribution in [0.15, 0.2) is 42.6 Å². The molecule has 1 saturated carbocycles. The molecule has 10 heteroatoms. The van der Waals surface area contributed by atoms with E-state index in [2.05, 4.69) is 20.9 Å². The van der Waals surface area contributed by atoms with Crippen LogP contribution in [-0.4, -0.2) is 43.3 Å². The number of amides is 3. The van der Waals surface area contributed by atoms with Crippen LogP contribution in [0.3, 0.4) is 0 Å². The fourth-order valence-electron chi connectivity index (χ4n) is 3.26. The largest absolute Gasteiger partial charge is 0.496 e. The second-order valence-electron chi connectivity index (χ2n) is 7.41. The molecule has 1 fully saturated rings. The molecule has 0 saturated heterocycles. The Hall–Kier alpha value is -3.59. The van der Waals surface area contributed by atoms with Gasteiger partial charge in [-0.1, -0.05) is 11.6 Å². The van der Waals surface area contributed by atoms with Crippen LogP contribution >= 0.6 is 11.6 Å². The molecule has 1 aliphatic rings. The molecule has 172 valence electrons. The van der Waals surface area contributed by atoms with Crippen LogP contribution in [0.2, 0.25) is 5.02 Å². The molecule has 1 aliphatic carbocycles. The molecule has 3 aromatic rings. The summed E-state index contributed by atoms with van der Waals surface area (Å²) in [6.45, 7) is -0.805. The van der Waals surface area contributed by atoms with Gasteiger partial charge < -0.3 is 25.4 Å². The average Bonchev–Trinajstić information content (AvgIpc) is 3.62. The van der Waals surface area contributed by atoms with E-state index in [-0.39, 0.29) is 24.2 Å². The Bertz CT molecular complexity index is 1200. The minimum Gasteiger partial charge on any atom is -0.496 e. The number of carbonyl (C=O) groups is 2. The number of urea groups is 1. The summed E-state index contributed by atoms with van der Waals surface area (Å²) in [4.78, 5) is 28.9. The minimum absolute atomic E-state index is 0.119. The van der Waals surface area contributed by atoms with E-state index in [4.69, 9.17) is 21.1 Å². The van der Waals surface area contributed by atoms with Crippen molar-refractivity contribution < 1.29 is 23.5 Å². The Balaban J connectivity index is 1.60. The zero-order chi connectivity index (χ0) is 23.4. The summed E-state index contributed by atoms with van der Waals surface area (Å²) in [6.07, 6.45) is 3.47. The van der Waals surface area contributed by atoms with Crippen LogP contribution in [0.1, 0.15) is 23.2 Å². The molecule has 4 rings (SSSR count). The third-order valence-corrected chi connectivity index (χ3v) is 5.30. The maximum absolute atomic E-state index is 12.6. The zero-order valence-corrected chi connectivity index (χ0v) is 18.5. The Morgan fingerprint density at radius 1 is 1.18 bits per heavy atom. The number of methoxy groups -OCH3 is 1. The van der Waals surface area contributed by atoms with Gasteiger partial charge in [0.25, 0.3) is 5.91 Å². The van der Waals surface area contributed by atoms with Gasteiger partial charge in [0.15, 0.2) is 0 Å². The van der Waals surface area contributed by atoms with Crippen LogP contribution < -0.4 is 25.4 Å². The van der Waals surface area contributed by atoms with Crippen molar-refractivity contribution >= 4 is 40.1 Å². The Kier molecular flexibility index (Phi) is 6.79. The smallest absolute Gasteiger partial charge is 0.319 e. The molecular weight excluding hydrogens is 451 g/mol. The lowest BCUT2D eigenvalue weighted by Gasteiger charge is -2.14. The first kappa shape index (κ1) is 22.6. The third-order valence-electron chi connectivity index (χ3n) is 4.99. The molecule has 0 spiro atoms. The highest BCUT2D eigenvalue weighted by atomic mass is 35.5. The van der Waals surface area contributed by atoms with Crippen molar-refractivity contribution in [3.05, 3.63) is 53.2 Å². The number of nitrogens with one attached hydrogen (secondary N) is 3. The summed E-state index contributed by atoms with van der Waals surface area (Å²) in [5.74, 6) is 0.680. The normalized spacial score (nSPS) is 12.8. The second kappa shape index (κ2) is 9.91. The number of hydrogen-bond acceptors (Lipinski definition) is 5. The highest BCUT2D eigenvalue weighted by molar-refractivity contribution is 6.33. The van der Waals surface area contributed by atoms with E-state index in [1.165, 1.54) is 13.3 Å². The van der Waals surface area contributed by atoms with E-state index in [0.717, 1.165) is 12.8 Å². The summed E-state index contributed by atoms with van der Waals surface area (Å²) in [5, 5.41) is 8.92. The van der Waals surface area contributed by atoms with Crippen molar-refractivity contribution in [3.63, 3.8) is 0 Å². The Labute approximate surface area is 194 Å². The Morgan fingerprint density at radius 2 is 2.00 bits per heavy atom. The van der Waals surface area contributed by atoms with E-state index < -0.39 is 12.6 Å². The number of ether oxygens (including phenoxy) is 2. The van der Waals surface area contributed by atoms with Crippen LogP contribution in [0.5, 0.6) is 17.2 Å². The SMILES string of the molecule is COc1ccc2c(Oc3ccc(NC(=O)NC4CC4)c(Cl)c3)ccnc2c1C(=O)NCCF.